The third-order valence-electron chi connectivity index (χ3n) is 2.88. The van der Waals surface area contributed by atoms with E-state index in [1.54, 1.807) is 4.90 Å². The van der Waals surface area contributed by atoms with Gasteiger partial charge in [-0.05, 0) is 25.9 Å². The van der Waals surface area contributed by atoms with Crippen LogP contribution in [-0.2, 0) is 4.79 Å². The van der Waals surface area contributed by atoms with Gasteiger partial charge in [0.25, 0.3) is 0 Å². The number of rotatable bonds is 6. The molecule has 16 heavy (non-hydrogen) atoms. The van der Waals surface area contributed by atoms with E-state index in [0.717, 1.165) is 13.1 Å². The molecule has 1 saturated heterocycles. The van der Waals surface area contributed by atoms with Crippen LogP contribution in [0.3, 0.4) is 0 Å². The zero-order chi connectivity index (χ0) is 11.8. The number of hydrogen-bond acceptors (Lipinski definition) is 3. The maximum absolute atomic E-state index is 11.6. The molecular formula is C12H21N3O. The summed E-state index contributed by atoms with van der Waals surface area (Å²) in [5, 5.41) is 2.90. The van der Waals surface area contributed by atoms with Crippen molar-refractivity contribution in [1.82, 2.24) is 15.1 Å². The van der Waals surface area contributed by atoms with Crippen molar-refractivity contribution in [3.8, 4) is 12.3 Å². The van der Waals surface area contributed by atoms with Crippen LogP contribution in [0.25, 0.3) is 0 Å². The summed E-state index contributed by atoms with van der Waals surface area (Å²) in [6.07, 6.45) is 7.67. The molecular weight excluding hydrogens is 202 g/mol. The van der Waals surface area contributed by atoms with Crippen LogP contribution in [0, 0.1) is 12.3 Å². The van der Waals surface area contributed by atoms with Crippen LogP contribution in [0.5, 0.6) is 0 Å². The first-order valence-electron chi connectivity index (χ1n) is 5.84. The summed E-state index contributed by atoms with van der Waals surface area (Å²) >= 11 is 0. The minimum absolute atomic E-state index is 0.106. The van der Waals surface area contributed by atoms with Gasteiger partial charge in [0.15, 0.2) is 0 Å². The lowest BCUT2D eigenvalue weighted by atomic mass is 10.4. The molecule has 0 aromatic carbocycles. The third kappa shape index (κ3) is 4.65. The molecule has 4 nitrogen and oxygen atoms in total. The molecule has 1 aliphatic rings. The van der Waals surface area contributed by atoms with E-state index in [4.69, 9.17) is 6.42 Å². The average molecular weight is 223 g/mol. The number of carbonyl (C=O) groups excluding carboxylic acids is 1. The van der Waals surface area contributed by atoms with Gasteiger partial charge >= 0.3 is 0 Å². The molecule has 1 rings (SSSR count). The zero-order valence-corrected chi connectivity index (χ0v) is 10.0. The number of likely N-dealkylation sites (N-methyl/N-ethyl adjacent to an activating group) is 1. The Morgan fingerprint density at radius 1 is 1.50 bits per heavy atom. The lowest BCUT2D eigenvalue weighted by Crippen LogP contribution is -2.39. The minimum Gasteiger partial charge on any atom is -0.343 e. The van der Waals surface area contributed by atoms with Gasteiger partial charge in [0.05, 0.1) is 13.1 Å². The molecule has 90 valence electrons. The molecule has 0 aromatic heterocycles. The van der Waals surface area contributed by atoms with E-state index in [-0.39, 0.29) is 5.91 Å². The number of likely N-dealkylation sites (tertiary alicyclic amines) is 1. The number of hydrogen-bond donors (Lipinski definition) is 1. The van der Waals surface area contributed by atoms with Crippen LogP contribution in [0.2, 0.25) is 0 Å². The molecule has 4 heteroatoms. The van der Waals surface area contributed by atoms with Gasteiger partial charge in [-0.15, -0.1) is 6.42 Å². The van der Waals surface area contributed by atoms with Crippen molar-refractivity contribution in [2.24, 2.45) is 0 Å². The first-order chi connectivity index (χ1) is 7.74. The van der Waals surface area contributed by atoms with Crippen LogP contribution in [0.1, 0.15) is 12.8 Å². The molecule has 0 unspecified atom stereocenters. The Bertz CT molecular complexity index is 253. The van der Waals surface area contributed by atoms with E-state index in [9.17, 15) is 4.79 Å². The van der Waals surface area contributed by atoms with Gasteiger partial charge in [0.2, 0.25) is 5.91 Å². The van der Waals surface area contributed by atoms with Gasteiger partial charge in [-0.3, -0.25) is 10.1 Å². The standard InChI is InChI=1S/C12H21N3O/c1-3-6-13-11-12(16)14(2)9-10-15-7-4-5-8-15/h1,13H,4-11H2,2H3. The molecule has 1 fully saturated rings. The Balaban J connectivity index is 2.10. The molecule has 1 N–H and O–H groups in total. The summed E-state index contributed by atoms with van der Waals surface area (Å²) < 4.78 is 0. The fraction of sp³-hybridized carbons (Fsp3) is 0.750. The predicted molar refractivity (Wildman–Crippen MR) is 65.0 cm³/mol. The molecule has 1 heterocycles. The second-order valence-electron chi connectivity index (χ2n) is 4.17. The quantitative estimate of drug-likeness (QED) is 0.499. The smallest absolute Gasteiger partial charge is 0.236 e. The highest BCUT2D eigenvalue weighted by atomic mass is 16.2. The van der Waals surface area contributed by atoms with E-state index in [2.05, 4.69) is 16.1 Å². The number of nitrogens with one attached hydrogen (secondary N) is 1. The summed E-state index contributed by atoms with van der Waals surface area (Å²) in [5.74, 6) is 2.55. The average Bonchev–Trinajstić information content (AvgIpc) is 2.79. The van der Waals surface area contributed by atoms with Crippen molar-refractivity contribution in [2.75, 3.05) is 46.3 Å². The van der Waals surface area contributed by atoms with E-state index < -0.39 is 0 Å². The number of amides is 1. The first kappa shape index (κ1) is 13.0. The van der Waals surface area contributed by atoms with Crippen molar-refractivity contribution in [1.29, 1.82) is 0 Å². The van der Waals surface area contributed by atoms with E-state index in [1.807, 2.05) is 7.05 Å². The van der Waals surface area contributed by atoms with Crippen molar-refractivity contribution in [3.63, 3.8) is 0 Å². The molecule has 0 aromatic rings. The fourth-order valence-corrected chi connectivity index (χ4v) is 1.80. The first-order valence-corrected chi connectivity index (χ1v) is 5.84. The van der Waals surface area contributed by atoms with Crippen LogP contribution < -0.4 is 5.32 Å². The van der Waals surface area contributed by atoms with E-state index in [0.29, 0.717) is 13.1 Å². The molecule has 0 saturated carbocycles. The minimum atomic E-state index is 0.106. The zero-order valence-electron chi connectivity index (χ0n) is 10.0. The Labute approximate surface area is 98.0 Å². The van der Waals surface area contributed by atoms with E-state index in [1.165, 1.54) is 25.9 Å². The lowest BCUT2D eigenvalue weighted by molar-refractivity contribution is -0.129. The normalized spacial score (nSPS) is 16.0. The maximum atomic E-state index is 11.6. The molecule has 0 radical (unpaired) electrons. The Morgan fingerprint density at radius 3 is 2.81 bits per heavy atom. The molecule has 0 atom stereocenters. The fourth-order valence-electron chi connectivity index (χ4n) is 1.80. The second-order valence-corrected chi connectivity index (χ2v) is 4.17. The monoisotopic (exact) mass is 223 g/mol. The summed E-state index contributed by atoms with van der Waals surface area (Å²) in [7, 11) is 1.84. The highest BCUT2D eigenvalue weighted by molar-refractivity contribution is 5.77. The van der Waals surface area contributed by atoms with Crippen LogP contribution in [0.4, 0.5) is 0 Å². The van der Waals surface area contributed by atoms with Crippen molar-refractivity contribution in [2.45, 2.75) is 12.8 Å². The summed E-state index contributed by atoms with van der Waals surface area (Å²) in [4.78, 5) is 15.8. The predicted octanol–water partition coefficient (Wildman–Crippen LogP) is -0.237. The second kappa shape index (κ2) is 7.26. The van der Waals surface area contributed by atoms with Gasteiger partial charge in [-0.1, -0.05) is 5.92 Å². The Hall–Kier alpha value is -1.05. The third-order valence-corrected chi connectivity index (χ3v) is 2.88. The molecule has 1 aliphatic heterocycles. The molecule has 1 amide bonds. The topological polar surface area (TPSA) is 35.6 Å². The van der Waals surface area contributed by atoms with Gasteiger partial charge in [-0.2, -0.15) is 0 Å². The van der Waals surface area contributed by atoms with Gasteiger partial charge in [0.1, 0.15) is 0 Å². The van der Waals surface area contributed by atoms with Gasteiger partial charge in [0, 0.05) is 20.1 Å². The van der Waals surface area contributed by atoms with Crippen LogP contribution >= 0.6 is 0 Å². The van der Waals surface area contributed by atoms with Gasteiger partial charge < -0.3 is 9.80 Å². The van der Waals surface area contributed by atoms with Crippen molar-refractivity contribution < 1.29 is 4.79 Å². The lowest BCUT2D eigenvalue weighted by Gasteiger charge is -2.21. The summed E-state index contributed by atoms with van der Waals surface area (Å²) in [6, 6.07) is 0. The van der Waals surface area contributed by atoms with Crippen LogP contribution in [0.15, 0.2) is 0 Å². The SMILES string of the molecule is C#CCNCC(=O)N(C)CCN1CCCC1. The van der Waals surface area contributed by atoms with Crippen molar-refractivity contribution >= 4 is 5.91 Å². The molecule has 0 bridgehead atoms. The highest BCUT2D eigenvalue weighted by Gasteiger charge is 2.13. The maximum Gasteiger partial charge on any atom is 0.236 e. The number of nitrogens with zero attached hydrogens (tertiary/aromatic N) is 2. The Morgan fingerprint density at radius 2 is 2.19 bits per heavy atom. The largest absolute Gasteiger partial charge is 0.343 e. The van der Waals surface area contributed by atoms with Gasteiger partial charge in [-0.25, -0.2) is 0 Å². The van der Waals surface area contributed by atoms with E-state index >= 15 is 0 Å². The number of terminal acetylenes is 1. The molecule has 0 spiro atoms. The summed E-state index contributed by atoms with van der Waals surface area (Å²) in [5.41, 5.74) is 0. The van der Waals surface area contributed by atoms with Crippen LogP contribution in [-0.4, -0.2) is 62.0 Å². The van der Waals surface area contributed by atoms with Crippen molar-refractivity contribution in [3.05, 3.63) is 0 Å². The number of carbonyl (C=O) groups is 1. The summed E-state index contributed by atoms with van der Waals surface area (Å²) in [6.45, 7) is 4.93. The highest BCUT2D eigenvalue weighted by Crippen LogP contribution is 2.06. The Kier molecular flexibility index (Phi) is 5.91. The molecule has 0 aliphatic carbocycles.